The number of hydrogen-bond donors (Lipinski definition) is 1. The number of amides is 1. The first-order valence-electron chi connectivity index (χ1n) is 7.10. The molecule has 2 atom stereocenters. The summed E-state index contributed by atoms with van der Waals surface area (Å²) >= 11 is 1.42. The van der Waals surface area contributed by atoms with Gasteiger partial charge >= 0.3 is 5.97 Å². The Morgan fingerprint density at radius 2 is 2.09 bits per heavy atom. The SMILES string of the molecule is O=C(O)CS[C@@H]1C[C@@H]2c3ccccc3C(=O)N2n2cccc21. The summed E-state index contributed by atoms with van der Waals surface area (Å²) in [5.74, 6) is -0.730. The first-order chi connectivity index (χ1) is 10.7. The molecule has 5 nitrogen and oxygen atoms in total. The molecule has 2 aliphatic heterocycles. The van der Waals surface area contributed by atoms with Crippen LogP contribution in [0.2, 0.25) is 0 Å². The third kappa shape index (κ3) is 1.87. The molecule has 2 aromatic rings. The molecule has 1 aromatic carbocycles. The Hall–Kier alpha value is -2.21. The highest BCUT2D eigenvalue weighted by Crippen LogP contribution is 2.47. The van der Waals surface area contributed by atoms with Gasteiger partial charge in [0.25, 0.3) is 5.91 Å². The van der Waals surface area contributed by atoms with Gasteiger partial charge in [-0.25, -0.2) is 5.01 Å². The summed E-state index contributed by atoms with van der Waals surface area (Å²) in [5.41, 5.74) is 2.77. The minimum absolute atomic E-state index is 0.0136. The van der Waals surface area contributed by atoms with Gasteiger partial charge in [-0.3, -0.25) is 14.3 Å². The minimum atomic E-state index is -0.812. The fourth-order valence-electron chi connectivity index (χ4n) is 3.34. The first-order valence-corrected chi connectivity index (χ1v) is 8.15. The van der Waals surface area contributed by atoms with Crippen molar-refractivity contribution in [3.63, 3.8) is 0 Å². The molecule has 0 spiro atoms. The Balaban J connectivity index is 1.76. The molecule has 2 aliphatic rings. The zero-order valence-electron chi connectivity index (χ0n) is 11.7. The maximum absolute atomic E-state index is 12.7. The van der Waals surface area contributed by atoms with E-state index in [2.05, 4.69) is 0 Å². The highest BCUT2D eigenvalue weighted by molar-refractivity contribution is 8.00. The maximum Gasteiger partial charge on any atom is 0.313 e. The van der Waals surface area contributed by atoms with Gasteiger partial charge in [-0.15, -0.1) is 11.8 Å². The molecule has 0 saturated heterocycles. The fraction of sp³-hybridized carbons (Fsp3) is 0.250. The Morgan fingerprint density at radius 1 is 1.27 bits per heavy atom. The van der Waals surface area contributed by atoms with Crippen molar-refractivity contribution in [3.8, 4) is 0 Å². The number of carboxylic acid groups (broad SMARTS) is 1. The van der Waals surface area contributed by atoms with Crippen LogP contribution in [-0.4, -0.2) is 27.4 Å². The van der Waals surface area contributed by atoms with Gasteiger partial charge < -0.3 is 5.11 Å². The molecule has 0 bridgehead atoms. The molecule has 4 rings (SSSR count). The van der Waals surface area contributed by atoms with E-state index in [9.17, 15) is 9.59 Å². The number of carboxylic acids is 1. The molecule has 112 valence electrons. The molecule has 0 saturated carbocycles. The zero-order valence-corrected chi connectivity index (χ0v) is 12.5. The molecule has 1 aromatic heterocycles. The van der Waals surface area contributed by atoms with Gasteiger partial charge in [-0.2, -0.15) is 0 Å². The molecule has 0 aliphatic carbocycles. The highest BCUT2D eigenvalue weighted by Gasteiger charge is 2.43. The third-order valence-corrected chi connectivity index (χ3v) is 5.47. The van der Waals surface area contributed by atoms with Crippen LogP contribution in [0, 0.1) is 0 Å². The van der Waals surface area contributed by atoms with Crippen LogP contribution in [-0.2, 0) is 4.79 Å². The number of nitrogens with zero attached hydrogens (tertiary/aromatic N) is 2. The third-order valence-electron chi connectivity index (χ3n) is 4.22. The largest absolute Gasteiger partial charge is 0.481 e. The van der Waals surface area contributed by atoms with Crippen LogP contribution in [0.25, 0.3) is 0 Å². The van der Waals surface area contributed by atoms with E-state index in [4.69, 9.17) is 5.11 Å². The second-order valence-electron chi connectivity index (χ2n) is 5.46. The summed E-state index contributed by atoms with van der Waals surface area (Å²) in [6.07, 6.45) is 2.62. The fourth-order valence-corrected chi connectivity index (χ4v) is 4.36. The van der Waals surface area contributed by atoms with E-state index in [-0.39, 0.29) is 23.0 Å². The van der Waals surface area contributed by atoms with Crippen molar-refractivity contribution in [1.82, 2.24) is 4.68 Å². The predicted octanol–water partition coefficient (Wildman–Crippen LogP) is 2.58. The molecule has 1 amide bonds. The van der Waals surface area contributed by atoms with Crippen molar-refractivity contribution >= 4 is 23.6 Å². The summed E-state index contributed by atoms with van der Waals surface area (Å²) in [6, 6.07) is 11.5. The van der Waals surface area contributed by atoms with Crippen LogP contribution in [0.1, 0.15) is 39.3 Å². The summed E-state index contributed by atoms with van der Waals surface area (Å²) < 4.78 is 1.88. The van der Waals surface area contributed by atoms with E-state index in [1.807, 2.05) is 47.3 Å². The number of carbonyl (C=O) groups excluding carboxylic acids is 1. The molecule has 6 heteroatoms. The number of carbonyl (C=O) groups is 2. The van der Waals surface area contributed by atoms with Gasteiger partial charge in [-0.05, 0) is 30.2 Å². The molecule has 22 heavy (non-hydrogen) atoms. The molecule has 0 fully saturated rings. The standard InChI is InChI=1S/C16H14N2O3S/c19-15(20)9-22-14-8-13-10-4-1-2-5-11(10)16(21)18(13)17-7-3-6-12(14)17/h1-7,13-14H,8-9H2,(H,19,20)/t13-,14-/m1/s1. The van der Waals surface area contributed by atoms with Crippen LogP contribution < -0.4 is 5.01 Å². The molecule has 0 radical (unpaired) electrons. The van der Waals surface area contributed by atoms with Crippen molar-refractivity contribution in [2.24, 2.45) is 0 Å². The average molecular weight is 314 g/mol. The molecule has 3 heterocycles. The average Bonchev–Trinajstić information content (AvgIpc) is 3.09. The van der Waals surface area contributed by atoms with Gasteiger partial charge in [0.15, 0.2) is 0 Å². The molecular weight excluding hydrogens is 300 g/mol. The Morgan fingerprint density at radius 3 is 2.91 bits per heavy atom. The van der Waals surface area contributed by atoms with Crippen molar-refractivity contribution in [3.05, 3.63) is 59.4 Å². The van der Waals surface area contributed by atoms with Crippen molar-refractivity contribution in [2.45, 2.75) is 17.7 Å². The van der Waals surface area contributed by atoms with Gasteiger partial charge in [0.2, 0.25) is 0 Å². The lowest BCUT2D eigenvalue weighted by Crippen LogP contribution is -2.42. The van der Waals surface area contributed by atoms with Gasteiger partial charge in [0.1, 0.15) is 0 Å². The van der Waals surface area contributed by atoms with Crippen molar-refractivity contribution < 1.29 is 14.7 Å². The van der Waals surface area contributed by atoms with Crippen molar-refractivity contribution in [1.29, 1.82) is 0 Å². The number of aliphatic carboxylic acids is 1. The lowest BCUT2D eigenvalue weighted by atomic mass is 9.99. The zero-order chi connectivity index (χ0) is 15.3. The smallest absolute Gasteiger partial charge is 0.313 e. The predicted molar refractivity (Wildman–Crippen MR) is 83.6 cm³/mol. The van der Waals surface area contributed by atoms with Crippen LogP contribution in [0.3, 0.4) is 0 Å². The maximum atomic E-state index is 12.7. The van der Waals surface area contributed by atoms with Gasteiger partial charge in [-0.1, -0.05) is 18.2 Å². The van der Waals surface area contributed by atoms with E-state index in [0.29, 0.717) is 0 Å². The second kappa shape index (κ2) is 4.91. The summed E-state index contributed by atoms with van der Waals surface area (Å²) in [7, 11) is 0. The topological polar surface area (TPSA) is 62.5 Å². The molecule has 0 unspecified atom stereocenters. The van der Waals surface area contributed by atoms with Crippen LogP contribution in [0.4, 0.5) is 0 Å². The van der Waals surface area contributed by atoms with Crippen molar-refractivity contribution in [2.75, 3.05) is 10.8 Å². The highest BCUT2D eigenvalue weighted by atomic mass is 32.2. The van der Waals surface area contributed by atoms with E-state index in [0.717, 1.165) is 23.2 Å². The van der Waals surface area contributed by atoms with Crippen LogP contribution >= 0.6 is 11.8 Å². The van der Waals surface area contributed by atoms with E-state index in [1.54, 1.807) is 5.01 Å². The first kappa shape index (κ1) is 13.5. The summed E-state index contributed by atoms with van der Waals surface area (Å²) in [4.78, 5) is 23.5. The Kier molecular flexibility index (Phi) is 3.00. The van der Waals surface area contributed by atoms with E-state index >= 15 is 0 Å². The monoisotopic (exact) mass is 314 g/mol. The Labute approximate surface area is 131 Å². The summed E-state index contributed by atoms with van der Waals surface area (Å²) in [5, 5.41) is 10.8. The second-order valence-corrected chi connectivity index (χ2v) is 6.65. The lowest BCUT2D eigenvalue weighted by Gasteiger charge is -2.36. The number of hydrogen-bond acceptors (Lipinski definition) is 3. The Bertz CT molecular complexity index is 770. The number of benzene rings is 1. The quantitative estimate of drug-likeness (QED) is 0.946. The number of fused-ring (bicyclic) bond motifs is 5. The summed E-state index contributed by atoms with van der Waals surface area (Å²) in [6.45, 7) is 0. The molecular formula is C16H14N2O3S. The van der Waals surface area contributed by atoms with Crippen LogP contribution in [0.5, 0.6) is 0 Å². The van der Waals surface area contributed by atoms with E-state index < -0.39 is 5.97 Å². The van der Waals surface area contributed by atoms with E-state index in [1.165, 1.54) is 11.8 Å². The number of rotatable bonds is 3. The molecule has 1 N–H and O–H groups in total. The van der Waals surface area contributed by atoms with Gasteiger partial charge in [0.05, 0.1) is 17.5 Å². The lowest BCUT2D eigenvalue weighted by molar-refractivity contribution is -0.133. The number of aromatic nitrogens is 1. The van der Waals surface area contributed by atoms with Crippen LogP contribution in [0.15, 0.2) is 42.6 Å². The van der Waals surface area contributed by atoms with Gasteiger partial charge in [0, 0.05) is 17.0 Å². The number of thioether (sulfide) groups is 1. The normalized spacial score (nSPS) is 22.2. The minimum Gasteiger partial charge on any atom is -0.481 e.